The minimum Gasteiger partial charge on any atom is -0.481 e. The average Bonchev–Trinajstić information content (AvgIpc) is 2.22. The summed E-state index contributed by atoms with van der Waals surface area (Å²) in [6.45, 7) is 0. The number of nitrogens with one attached hydrogen (secondary N) is 1. The van der Waals surface area contributed by atoms with Gasteiger partial charge in [0.1, 0.15) is 0 Å². The topological polar surface area (TPSA) is 69.6 Å². The number of nitrogens with zero attached hydrogens (tertiary/aromatic N) is 1. The lowest BCUT2D eigenvalue weighted by molar-refractivity contribution is -0.138. The van der Waals surface area contributed by atoms with E-state index in [2.05, 4.69) is 5.32 Å². The number of carboxylic acid groups (broad SMARTS) is 1. The van der Waals surface area contributed by atoms with E-state index in [4.69, 9.17) is 5.11 Å². The van der Waals surface area contributed by atoms with Crippen molar-refractivity contribution >= 4 is 12.0 Å². The average molecular weight is 198 g/mol. The first-order valence-corrected chi connectivity index (χ1v) is 4.82. The van der Waals surface area contributed by atoms with Gasteiger partial charge in [0.15, 0.2) is 0 Å². The molecule has 0 radical (unpaired) electrons. The zero-order valence-electron chi connectivity index (χ0n) is 8.12. The van der Waals surface area contributed by atoms with E-state index < -0.39 is 5.97 Å². The molecule has 0 aromatic carbocycles. The number of carbonyl (C=O) groups excluding carboxylic acids is 1. The van der Waals surface area contributed by atoms with Crippen LogP contribution in [0.1, 0.15) is 25.7 Å². The van der Waals surface area contributed by atoms with Crippen LogP contribution in [0.4, 0.5) is 4.79 Å². The second-order valence-corrected chi connectivity index (χ2v) is 4.12. The molecule has 1 atom stereocenters. The molecule has 2 rings (SSSR count). The van der Waals surface area contributed by atoms with Crippen LogP contribution in [0.2, 0.25) is 0 Å². The number of aliphatic carboxylic acids is 1. The number of amides is 2. The Balaban J connectivity index is 2.17. The highest BCUT2D eigenvalue weighted by atomic mass is 16.4. The van der Waals surface area contributed by atoms with Gasteiger partial charge in [-0.3, -0.25) is 4.79 Å². The summed E-state index contributed by atoms with van der Waals surface area (Å²) in [5.74, 6) is -0.850. The minimum absolute atomic E-state index is 0.0239. The van der Waals surface area contributed by atoms with E-state index in [-0.39, 0.29) is 24.0 Å². The molecule has 1 heterocycles. The number of hydrogen-bond donors (Lipinski definition) is 2. The van der Waals surface area contributed by atoms with Crippen LogP contribution in [-0.4, -0.2) is 40.6 Å². The zero-order chi connectivity index (χ0) is 10.3. The summed E-state index contributed by atoms with van der Waals surface area (Å²) < 4.78 is 0. The molecule has 2 fully saturated rings. The standard InChI is InChI=1S/C9H14N2O3/c1-11-8(14)10-6(5-7(12)13)9(11)3-2-4-9/h6H,2-5H2,1H3,(H,10,14)(H,12,13). The van der Waals surface area contributed by atoms with Gasteiger partial charge in [-0.25, -0.2) is 4.79 Å². The van der Waals surface area contributed by atoms with E-state index in [9.17, 15) is 9.59 Å². The molecule has 0 aromatic rings. The van der Waals surface area contributed by atoms with Crippen molar-refractivity contribution in [2.75, 3.05) is 7.05 Å². The Hall–Kier alpha value is -1.26. The first-order chi connectivity index (χ1) is 6.56. The van der Waals surface area contributed by atoms with Crippen molar-refractivity contribution in [2.45, 2.75) is 37.3 Å². The molecular weight excluding hydrogens is 184 g/mol. The summed E-state index contributed by atoms with van der Waals surface area (Å²) in [5, 5.41) is 11.5. The molecule has 1 saturated heterocycles. The fraction of sp³-hybridized carbons (Fsp3) is 0.778. The first-order valence-electron chi connectivity index (χ1n) is 4.82. The zero-order valence-corrected chi connectivity index (χ0v) is 8.12. The van der Waals surface area contributed by atoms with Crippen LogP contribution in [0.5, 0.6) is 0 Å². The summed E-state index contributed by atoms with van der Waals surface area (Å²) in [5.41, 5.74) is -0.213. The van der Waals surface area contributed by atoms with Crippen LogP contribution in [0.3, 0.4) is 0 Å². The number of hydrogen-bond acceptors (Lipinski definition) is 2. The molecule has 1 aliphatic carbocycles. The van der Waals surface area contributed by atoms with Gasteiger partial charge in [0.05, 0.1) is 18.0 Å². The first kappa shape index (κ1) is 9.30. The van der Waals surface area contributed by atoms with E-state index in [0.717, 1.165) is 19.3 Å². The van der Waals surface area contributed by atoms with Crippen LogP contribution >= 0.6 is 0 Å². The normalized spacial score (nSPS) is 28.8. The van der Waals surface area contributed by atoms with Gasteiger partial charge in [-0.1, -0.05) is 0 Å². The van der Waals surface area contributed by atoms with Crippen molar-refractivity contribution < 1.29 is 14.7 Å². The molecule has 14 heavy (non-hydrogen) atoms. The maximum atomic E-state index is 11.4. The quantitative estimate of drug-likeness (QED) is 0.675. The third-order valence-electron chi connectivity index (χ3n) is 3.52. The molecule has 1 spiro atoms. The highest BCUT2D eigenvalue weighted by Crippen LogP contribution is 2.43. The molecule has 0 aromatic heterocycles. The Morgan fingerprint density at radius 1 is 1.71 bits per heavy atom. The number of likely N-dealkylation sites (N-methyl/N-ethyl adjacent to an activating group) is 1. The smallest absolute Gasteiger partial charge is 0.317 e. The summed E-state index contributed by atoms with van der Waals surface area (Å²) in [7, 11) is 1.75. The second-order valence-electron chi connectivity index (χ2n) is 4.12. The number of urea groups is 1. The second kappa shape index (κ2) is 2.87. The monoisotopic (exact) mass is 198 g/mol. The molecule has 5 nitrogen and oxygen atoms in total. The van der Waals surface area contributed by atoms with Crippen molar-refractivity contribution in [1.29, 1.82) is 0 Å². The summed E-state index contributed by atoms with van der Waals surface area (Å²) in [6, 6.07) is -0.359. The fourth-order valence-electron chi connectivity index (χ4n) is 2.45. The minimum atomic E-state index is -0.850. The maximum absolute atomic E-state index is 11.4. The van der Waals surface area contributed by atoms with E-state index in [1.165, 1.54) is 0 Å². The molecule has 2 aliphatic rings. The number of rotatable bonds is 2. The van der Waals surface area contributed by atoms with Gasteiger partial charge in [-0.2, -0.15) is 0 Å². The van der Waals surface area contributed by atoms with Crippen LogP contribution in [0, 0.1) is 0 Å². The summed E-state index contributed by atoms with van der Waals surface area (Å²) in [6.07, 6.45) is 2.94. The van der Waals surface area contributed by atoms with Gasteiger partial charge in [-0.05, 0) is 19.3 Å². The molecule has 78 valence electrons. The highest BCUT2D eigenvalue weighted by Gasteiger charge is 2.54. The Kier molecular flexibility index (Phi) is 1.90. The van der Waals surface area contributed by atoms with Gasteiger partial charge in [0.2, 0.25) is 0 Å². The van der Waals surface area contributed by atoms with Gasteiger partial charge < -0.3 is 15.3 Å². The van der Waals surface area contributed by atoms with Crippen LogP contribution in [0.25, 0.3) is 0 Å². The third-order valence-corrected chi connectivity index (χ3v) is 3.52. The molecule has 0 bridgehead atoms. The lowest BCUT2D eigenvalue weighted by atomic mass is 9.70. The Labute approximate surface area is 82.1 Å². The van der Waals surface area contributed by atoms with Crippen molar-refractivity contribution in [3.63, 3.8) is 0 Å². The summed E-state index contributed by atoms with van der Waals surface area (Å²) >= 11 is 0. The van der Waals surface area contributed by atoms with E-state index in [1.54, 1.807) is 11.9 Å². The van der Waals surface area contributed by atoms with Gasteiger partial charge in [0.25, 0.3) is 0 Å². The number of carboxylic acids is 1. The van der Waals surface area contributed by atoms with E-state index >= 15 is 0 Å². The molecule has 1 unspecified atom stereocenters. The largest absolute Gasteiger partial charge is 0.481 e. The maximum Gasteiger partial charge on any atom is 0.317 e. The summed E-state index contributed by atoms with van der Waals surface area (Å²) in [4.78, 5) is 23.7. The molecular formula is C9H14N2O3. The number of carbonyl (C=O) groups is 2. The van der Waals surface area contributed by atoms with Gasteiger partial charge in [0, 0.05) is 7.05 Å². The lowest BCUT2D eigenvalue weighted by Crippen LogP contribution is -2.55. The van der Waals surface area contributed by atoms with Gasteiger partial charge in [-0.15, -0.1) is 0 Å². The Bertz CT molecular complexity index is 284. The van der Waals surface area contributed by atoms with Crippen molar-refractivity contribution in [3.8, 4) is 0 Å². The Morgan fingerprint density at radius 3 is 2.79 bits per heavy atom. The molecule has 5 heteroatoms. The predicted octanol–water partition coefficient (Wildman–Crippen LogP) is 0.407. The predicted molar refractivity (Wildman–Crippen MR) is 48.9 cm³/mol. The van der Waals surface area contributed by atoms with Crippen LogP contribution in [0.15, 0.2) is 0 Å². The molecule has 1 aliphatic heterocycles. The van der Waals surface area contributed by atoms with Crippen molar-refractivity contribution in [2.24, 2.45) is 0 Å². The molecule has 1 saturated carbocycles. The Morgan fingerprint density at radius 2 is 2.36 bits per heavy atom. The van der Waals surface area contributed by atoms with E-state index in [1.807, 2.05) is 0 Å². The van der Waals surface area contributed by atoms with Gasteiger partial charge >= 0.3 is 12.0 Å². The lowest BCUT2D eigenvalue weighted by Gasteiger charge is -2.46. The highest BCUT2D eigenvalue weighted by molar-refractivity contribution is 5.80. The third kappa shape index (κ3) is 1.08. The molecule has 2 N–H and O–H groups in total. The van der Waals surface area contributed by atoms with Crippen molar-refractivity contribution in [1.82, 2.24) is 10.2 Å². The van der Waals surface area contributed by atoms with Crippen LogP contribution < -0.4 is 5.32 Å². The molecule has 2 amide bonds. The fourth-order valence-corrected chi connectivity index (χ4v) is 2.45. The van der Waals surface area contributed by atoms with E-state index in [0.29, 0.717) is 0 Å². The van der Waals surface area contributed by atoms with Crippen molar-refractivity contribution in [3.05, 3.63) is 0 Å². The SMILES string of the molecule is CN1C(=O)NC(CC(=O)O)C12CCC2. The van der Waals surface area contributed by atoms with Crippen LogP contribution in [-0.2, 0) is 4.79 Å².